The van der Waals surface area contributed by atoms with Gasteiger partial charge < -0.3 is 4.74 Å². The molecule has 166 valence electrons. The van der Waals surface area contributed by atoms with Crippen molar-refractivity contribution < 1.29 is 22.3 Å². The highest BCUT2D eigenvalue weighted by atomic mass is 35.5. The topological polar surface area (TPSA) is 119 Å². The molecule has 2 aromatic heterocycles. The molecule has 10 nitrogen and oxygen atoms in total. The zero-order chi connectivity index (χ0) is 22.9. The van der Waals surface area contributed by atoms with Gasteiger partial charge in [-0.05, 0) is 19.1 Å². The number of anilines is 2. The Bertz CT molecular complexity index is 1240. The molecule has 0 saturated heterocycles. The molecule has 0 bridgehead atoms. The number of amides is 1. The number of fused-ring (bicyclic) bond motifs is 1. The number of benzene rings is 1. The number of para-hydroxylation sites is 1. The minimum Gasteiger partial charge on any atom is -0.464 e. The maximum absolute atomic E-state index is 13.7. The first-order valence-electron chi connectivity index (χ1n) is 8.20. The van der Waals surface area contributed by atoms with E-state index in [-0.39, 0.29) is 38.3 Å². The lowest BCUT2D eigenvalue weighted by atomic mass is 10.3. The van der Waals surface area contributed by atoms with Crippen LogP contribution in [0.4, 0.5) is 16.0 Å². The number of nitrogens with one attached hydrogen (secondary N) is 1. The number of hydrogen-bond donors (Lipinski definition) is 1. The summed E-state index contributed by atoms with van der Waals surface area (Å²) in [6, 6.07) is 4.69. The molecule has 31 heavy (non-hydrogen) atoms. The van der Waals surface area contributed by atoms with Crippen LogP contribution in [0, 0.1) is 5.95 Å². The van der Waals surface area contributed by atoms with Crippen LogP contribution < -0.4 is 13.8 Å². The average Bonchev–Trinajstić information content (AvgIpc) is 3.05. The van der Waals surface area contributed by atoms with E-state index >= 15 is 0 Å². The lowest BCUT2D eigenvalue weighted by molar-refractivity contribution is -0.115. The van der Waals surface area contributed by atoms with Gasteiger partial charge >= 0.3 is 16.2 Å². The van der Waals surface area contributed by atoms with Crippen LogP contribution in [-0.2, 0) is 15.0 Å². The van der Waals surface area contributed by atoms with E-state index in [4.69, 9.17) is 51.1 Å². The third-order valence-electron chi connectivity index (χ3n) is 3.53. The number of carbonyl (C=O) groups excluding carboxylic acids is 1. The van der Waals surface area contributed by atoms with Crippen molar-refractivity contribution in [1.29, 1.82) is 0 Å². The van der Waals surface area contributed by atoms with E-state index in [0.29, 0.717) is 0 Å². The molecule has 0 saturated carbocycles. The van der Waals surface area contributed by atoms with E-state index in [1.165, 1.54) is 18.2 Å². The van der Waals surface area contributed by atoms with Crippen LogP contribution in [0.15, 0.2) is 24.3 Å². The summed E-state index contributed by atoms with van der Waals surface area (Å²) < 4.78 is 48.1. The molecule has 0 spiro atoms. The predicted molar refractivity (Wildman–Crippen MR) is 114 cm³/mol. The van der Waals surface area contributed by atoms with Crippen molar-refractivity contribution in [2.45, 2.75) is 11.8 Å². The Hall–Kier alpha value is -2.12. The van der Waals surface area contributed by atoms with E-state index < -0.39 is 32.8 Å². The summed E-state index contributed by atoms with van der Waals surface area (Å²) in [5.41, 5.74) is -0.504. The van der Waals surface area contributed by atoms with E-state index in [1.54, 1.807) is 6.92 Å². The summed E-state index contributed by atoms with van der Waals surface area (Å²) in [5.74, 6) is -2.73. The van der Waals surface area contributed by atoms with Crippen molar-refractivity contribution in [1.82, 2.24) is 19.6 Å². The van der Waals surface area contributed by atoms with Crippen LogP contribution in [0.2, 0.25) is 10.0 Å². The minimum absolute atomic E-state index is 0.116. The van der Waals surface area contributed by atoms with Crippen molar-refractivity contribution in [3.8, 4) is 6.01 Å². The second kappa shape index (κ2) is 9.17. The normalized spacial score (nSPS) is 11.7. The van der Waals surface area contributed by atoms with E-state index in [1.807, 2.05) is 4.72 Å². The van der Waals surface area contributed by atoms with Crippen LogP contribution in [0.3, 0.4) is 0 Å². The molecule has 3 rings (SSSR count). The van der Waals surface area contributed by atoms with Gasteiger partial charge in [0.15, 0.2) is 10.5 Å². The number of ether oxygens (including phenoxy) is 1. The maximum atomic E-state index is 13.7. The zero-order valence-corrected chi connectivity index (χ0v) is 19.1. The van der Waals surface area contributed by atoms with Gasteiger partial charge in [0.1, 0.15) is 0 Å². The molecule has 0 radical (unpaired) electrons. The Labute approximate surface area is 195 Å². The minimum atomic E-state index is -4.80. The molecule has 0 aliphatic rings. The average molecular weight is 532 g/mol. The van der Waals surface area contributed by atoms with Crippen LogP contribution in [0.5, 0.6) is 6.01 Å². The number of carbonyl (C=O) groups is 1. The Morgan fingerprint density at radius 2 is 1.94 bits per heavy atom. The Balaban J connectivity index is 2.09. The van der Waals surface area contributed by atoms with Crippen molar-refractivity contribution in [3.63, 3.8) is 0 Å². The van der Waals surface area contributed by atoms with Gasteiger partial charge in [0.25, 0.3) is 11.9 Å². The highest BCUT2D eigenvalue weighted by Crippen LogP contribution is 2.36. The maximum Gasteiger partial charge on any atom is 0.333 e. The van der Waals surface area contributed by atoms with E-state index in [2.05, 4.69) is 15.1 Å². The lowest BCUT2D eigenvalue weighted by Crippen LogP contribution is -2.44. The van der Waals surface area contributed by atoms with Gasteiger partial charge in [-0.1, -0.05) is 52.5 Å². The summed E-state index contributed by atoms with van der Waals surface area (Å²) in [7, 11) is -4.80. The second-order valence-electron chi connectivity index (χ2n) is 5.58. The fourth-order valence-corrected chi connectivity index (χ4v) is 4.55. The third-order valence-corrected chi connectivity index (χ3v) is 5.79. The SMILES string of the molecule is CCOc1nc(F)cc2nc(NS(=O)(=O)N(C(=O)C(Cl)Cl)c3c(Cl)cccc3Cl)nn12. The summed E-state index contributed by atoms with van der Waals surface area (Å²) >= 11 is 23.4. The molecule has 1 aromatic carbocycles. The van der Waals surface area contributed by atoms with Gasteiger partial charge in [0, 0.05) is 6.07 Å². The van der Waals surface area contributed by atoms with Crippen LogP contribution >= 0.6 is 46.4 Å². The van der Waals surface area contributed by atoms with Crippen molar-refractivity contribution in [2.75, 3.05) is 15.6 Å². The number of rotatable bonds is 7. The highest BCUT2D eigenvalue weighted by Gasteiger charge is 2.36. The molecule has 1 amide bonds. The number of halogens is 5. The summed E-state index contributed by atoms with van der Waals surface area (Å²) in [4.78, 5) is 18.1. The molecule has 2 heterocycles. The molecule has 0 aliphatic heterocycles. The smallest absolute Gasteiger partial charge is 0.333 e. The summed E-state index contributed by atoms with van der Waals surface area (Å²) in [5, 5.41) is 3.53. The molecule has 0 atom stereocenters. The standard InChI is InChI=1S/C15H11Cl4FN6O4S/c1-2-30-15-21-9(20)6-10-22-14(23-25(10)15)24-31(28,29)26(13(27)12(18)19)11-7(16)4-3-5-8(11)17/h3-6,12H,2H2,1H3,(H,23,24). The van der Waals surface area contributed by atoms with E-state index in [0.717, 1.165) is 10.6 Å². The van der Waals surface area contributed by atoms with Crippen molar-refractivity contribution in [3.05, 3.63) is 40.3 Å². The molecule has 0 fully saturated rings. The number of hydrogen-bond acceptors (Lipinski definition) is 7. The molecule has 3 aromatic rings. The molecular formula is C15H11Cl4FN6O4S. The molecule has 16 heteroatoms. The van der Waals surface area contributed by atoms with Crippen LogP contribution in [0.1, 0.15) is 6.92 Å². The number of aromatic nitrogens is 4. The molecule has 0 unspecified atom stereocenters. The molecular weight excluding hydrogens is 521 g/mol. The van der Waals surface area contributed by atoms with Crippen LogP contribution in [-0.4, -0.2) is 45.4 Å². The highest BCUT2D eigenvalue weighted by molar-refractivity contribution is 7.94. The van der Waals surface area contributed by atoms with Gasteiger partial charge in [-0.25, -0.2) is 4.72 Å². The number of alkyl halides is 2. The monoisotopic (exact) mass is 530 g/mol. The first-order chi connectivity index (χ1) is 14.5. The lowest BCUT2D eigenvalue weighted by Gasteiger charge is -2.24. The first kappa shape index (κ1) is 23.5. The first-order valence-corrected chi connectivity index (χ1v) is 11.3. The fourth-order valence-electron chi connectivity index (χ4n) is 2.38. The van der Waals surface area contributed by atoms with Crippen LogP contribution in [0.25, 0.3) is 5.65 Å². The third kappa shape index (κ3) is 4.88. The van der Waals surface area contributed by atoms with Crippen molar-refractivity contribution in [2.24, 2.45) is 0 Å². The van der Waals surface area contributed by atoms with Gasteiger partial charge in [0.05, 0.1) is 22.3 Å². The van der Waals surface area contributed by atoms with Gasteiger partial charge in [-0.15, -0.1) is 5.10 Å². The largest absolute Gasteiger partial charge is 0.464 e. The van der Waals surface area contributed by atoms with E-state index in [9.17, 15) is 17.6 Å². The Morgan fingerprint density at radius 1 is 1.29 bits per heavy atom. The molecule has 1 N–H and O–H groups in total. The quantitative estimate of drug-likeness (QED) is 0.366. The summed E-state index contributed by atoms with van der Waals surface area (Å²) in [6.45, 7) is 1.76. The predicted octanol–water partition coefficient (Wildman–Crippen LogP) is 3.46. The fraction of sp³-hybridized carbons (Fsp3) is 0.200. The van der Waals surface area contributed by atoms with Gasteiger partial charge in [-0.2, -0.15) is 31.6 Å². The van der Waals surface area contributed by atoms with Gasteiger partial charge in [0.2, 0.25) is 5.95 Å². The Kier molecular flexibility index (Phi) is 6.96. The second-order valence-corrected chi connectivity index (χ2v) is 9.01. The Morgan fingerprint density at radius 3 is 2.52 bits per heavy atom. The molecule has 0 aliphatic carbocycles. The van der Waals surface area contributed by atoms with Gasteiger partial charge in [-0.3, -0.25) is 4.79 Å². The van der Waals surface area contributed by atoms with Crippen molar-refractivity contribution >= 4 is 79.8 Å². The summed E-state index contributed by atoms with van der Waals surface area (Å²) in [6.07, 6.45) is 0. The zero-order valence-electron chi connectivity index (χ0n) is 15.3. The number of nitrogens with zero attached hydrogens (tertiary/aromatic N) is 5.